The number of halogens is 2. The van der Waals surface area contributed by atoms with E-state index in [1.54, 1.807) is 0 Å². The summed E-state index contributed by atoms with van der Waals surface area (Å²) in [7, 11) is 0. The van der Waals surface area contributed by atoms with Crippen LogP contribution in [-0.4, -0.2) is 25.7 Å². The Hall–Kier alpha value is -1.49. The maximum absolute atomic E-state index is 13.0. The number of hydrogen-bond acceptors (Lipinski definition) is 2. The number of benzene rings is 1. The Kier molecular flexibility index (Phi) is 4.14. The van der Waals surface area contributed by atoms with Crippen LogP contribution in [0.4, 0.5) is 8.78 Å². The van der Waals surface area contributed by atoms with Crippen molar-refractivity contribution in [2.75, 3.05) is 19.8 Å². The average molecular weight is 269 g/mol. The third-order valence-corrected chi connectivity index (χ3v) is 3.24. The zero-order valence-corrected chi connectivity index (χ0v) is 10.8. The minimum Gasteiger partial charge on any atom is -0.380 e. The van der Waals surface area contributed by atoms with Crippen molar-refractivity contribution in [1.82, 2.24) is 5.32 Å². The molecule has 104 valence electrons. The van der Waals surface area contributed by atoms with Gasteiger partial charge in [0.25, 0.3) is 0 Å². The fourth-order valence-corrected chi connectivity index (χ4v) is 1.91. The molecule has 0 aliphatic carbocycles. The highest BCUT2D eigenvalue weighted by atomic mass is 19.2. The molecule has 0 aromatic heterocycles. The standard InChI is InChI=1S/C14H17F2NO2/c1-14(8-19-9-14)7-17-13(18)5-3-10-2-4-11(15)12(16)6-10/h2,4,6H,3,5,7-9H2,1H3,(H,17,18). The molecular formula is C14H17F2NO2. The predicted octanol–water partition coefficient (Wildman–Crippen LogP) is 2.05. The Bertz CT molecular complexity index is 473. The first-order chi connectivity index (χ1) is 8.98. The number of hydrogen-bond donors (Lipinski definition) is 1. The molecule has 1 aliphatic rings. The van der Waals surface area contributed by atoms with Crippen molar-refractivity contribution in [1.29, 1.82) is 0 Å². The monoisotopic (exact) mass is 269 g/mol. The van der Waals surface area contributed by atoms with Gasteiger partial charge in [0.2, 0.25) is 5.91 Å². The molecular weight excluding hydrogens is 252 g/mol. The van der Waals surface area contributed by atoms with E-state index in [-0.39, 0.29) is 17.7 Å². The summed E-state index contributed by atoms with van der Waals surface area (Å²) in [5.41, 5.74) is 0.657. The molecule has 1 aromatic carbocycles. The van der Waals surface area contributed by atoms with Gasteiger partial charge in [0.15, 0.2) is 11.6 Å². The fraction of sp³-hybridized carbons (Fsp3) is 0.500. The summed E-state index contributed by atoms with van der Waals surface area (Å²) in [6.45, 7) is 3.96. The molecule has 0 unspecified atom stereocenters. The summed E-state index contributed by atoms with van der Waals surface area (Å²) in [5.74, 6) is -1.83. The van der Waals surface area contributed by atoms with Crippen molar-refractivity contribution in [2.45, 2.75) is 19.8 Å². The van der Waals surface area contributed by atoms with Crippen LogP contribution in [0.1, 0.15) is 18.9 Å². The molecule has 1 fully saturated rings. The molecule has 3 nitrogen and oxygen atoms in total. The summed E-state index contributed by atoms with van der Waals surface area (Å²) in [6.07, 6.45) is 0.665. The summed E-state index contributed by atoms with van der Waals surface area (Å²) < 4.78 is 30.8. The summed E-state index contributed by atoms with van der Waals surface area (Å²) >= 11 is 0. The average Bonchev–Trinajstić information content (AvgIpc) is 2.35. The SMILES string of the molecule is CC1(CNC(=O)CCc2ccc(F)c(F)c2)COC1. The lowest BCUT2D eigenvalue weighted by atomic mass is 9.89. The van der Waals surface area contributed by atoms with Crippen LogP contribution in [-0.2, 0) is 16.0 Å². The first-order valence-corrected chi connectivity index (χ1v) is 6.27. The Balaban J connectivity index is 1.75. The molecule has 19 heavy (non-hydrogen) atoms. The van der Waals surface area contributed by atoms with Crippen molar-refractivity contribution < 1.29 is 18.3 Å². The minimum atomic E-state index is -0.878. The summed E-state index contributed by atoms with van der Waals surface area (Å²) in [6, 6.07) is 3.70. The second-order valence-electron chi connectivity index (χ2n) is 5.33. The van der Waals surface area contributed by atoms with Crippen molar-refractivity contribution in [2.24, 2.45) is 5.41 Å². The van der Waals surface area contributed by atoms with Gasteiger partial charge in [-0.1, -0.05) is 13.0 Å². The molecule has 5 heteroatoms. The van der Waals surface area contributed by atoms with Gasteiger partial charge < -0.3 is 10.1 Å². The van der Waals surface area contributed by atoms with E-state index >= 15 is 0 Å². The first-order valence-electron chi connectivity index (χ1n) is 6.27. The minimum absolute atomic E-state index is 0.0393. The van der Waals surface area contributed by atoms with Crippen LogP contribution in [0.25, 0.3) is 0 Å². The number of carbonyl (C=O) groups excluding carboxylic acids is 1. The second kappa shape index (κ2) is 5.65. The molecule has 1 amide bonds. The smallest absolute Gasteiger partial charge is 0.220 e. The maximum Gasteiger partial charge on any atom is 0.220 e. The zero-order valence-electron chi connectivity index (χ0n) is 10.8. The van der Waals surface area contributed by atoms with Gasteiger partial charge in [-0.3, -0.25) is 4.79 Å². The van der Waals surface area contributed by atoms with E-state index in [1.165, 1.54) is 6.07 Å². The van der Waals surface area contributed by atoms with E-state index in [4.69, 9.17) is 4.74 Å². The van der Waals surface area contributed by atoms with Crippen LogP contribution >= 0.6 is 0 Å². The summed E-state index contributed by atoms with van der Waals surface area (Å²) in [5, 5.41) is 2.83. The highest BCUT2D eigenvalue weighted by molar-refractivity contribution is 5.76. The highest BCUT2D eigenvalue weighted by Crippen LogP contribution is 2.25. The highest BCUT2D eigenvalue weighted by Gasteiger charge is 2.33. The molecule has 1 N–H and O–H groups in total. The summed E-state index contributed by atoms with van der Waals surface area (Å²) in [4.78, 5) is 11.6. The third kappa shape index (κ3) is 3.73. The first kappa shape index (κ1) is 13.9. The van der Waals surface area contributed by atoms with Crippen LogP contribution < -0.4 is 5.32 Å². The Morgan fingerprint density at radius 3 is 2.68 bits per heavy atom. The number of carbonyl (C=O) groups is 1. The quantitative estimate of drug-likeness (QED) is 0.888. The molecule has 1 aromatic rings. The van der Waals surface area contributed by atoms with Crippen LogP contribution in [0, 0.1) is 17.0 Å². The van der Waals surface area contributed by atoms with E-state index in [2.05, 4.69) is 5.32 Å². The van der Waals surface area contributed by atoms with Gasteiger partial charge in [-0.25, -0.2) is 8.78 Å². The number of amides is 1. The van der Waals surface area contributed by atoms with Crippen molar-refractivity contribution >= 4 is 5.91 Å². The number of nitrogens with one attached hydrogen (secondary N) is 1. The molecule has 1 aliphatic heterocycles. The normalized spacial score (nSPS) is 16.8. The van der Waals surface area contributed by atoms with E-state index in [9.17, 15) is 13.6 Å². The topological polar surface area (TPSA) is 38.3 Å². The van der Waals surface area contributed by atoms with Gasteiger partial charge in [-0.2, -0.15) is 0 Å². The fourth-order valence-electron chi connectivity index (χ4n) is 1.91. The van der Waals surface area contributed by atoms with Gasteiger partial charge in [-0.15, -0.1) is 0 Å². The molecule has 0 bridgehead atoms. The van der Waals surface area contributed by atoms with E-state index in [1.807, 2.05) is 6.92 Å². The van der Waals surface area contributed by atoms with Crippen LogP contribution in [0.3, 0.4) is 0 Å². The van der Waals surface area contributed by atoms with Gasteiger partial charge in [-0.05, 0) is 24.1 Å². The van der Waals surface area contributed by atoms with Gasteiger partial charge in [0, 0.05) is 18.4 Å². The lowest BCUT2D eigenvalue weighted by Crippen LogP contribution is -2.48. The molecule has 1 heterocycles. The molecule has 0 spiro atoms. The van der Waals surface area contributed by atoms with E-state index in [0.717, 1.165) is 12.1 Å². The second-order valence-corrected chi connectivity index (χ2v) is 5.33. The number of aryl methyl sites for hydroxylation is 1. The van der Waals surface area contributed by atoms with Crippen LogP contribution in [0.2, 0.25) is 0 Å². The predicted molar refractivity (Wildman–Crippen MR) is 66.6 cm³/mol. The number of rotatable bonds is 5. The molecule has 0 radical (unpaired) electrons. The van der Waals surface area contributed by atoms with E-state index in [0.29, 0.717) is 31.7 Å². The van der Waals surface area contributed by atoms with Crippen molar-refractivity contribution in [3.05, 3.63) is 35.4 Å². The Morgan fingerprint density at radius 2 is 2.11 bits per heavy atom. The van der Waals surface area contributed by atoms with Gasteiger partial charge >= 0.3 is 0 Å². The Morgan fingerprint density at radius 1 is 1.37 bits per heavy atom. The Labute approximate surface area is 111 Å². The lowest BCUT2D eigenvalue weighted by Gasteiger charge is -2.38. The van der Waals surface area contributed by atoms with Crippen LogP contribution in [0.15, 0.2) is 18.2 Å². The zero-order chi connectivity index (χ0) is 13.9. The van der Waals surface area contributed by atoms with Crippen LogP contribution in [0.5, 0.6) is 0 Å². The molecule has 2 rings (SSSR count). The van der Waals surface area contributed by atoms with Gasteiger partial charge in [0.1, 0.15) is 0 Å². The molecule has 0 atom stereocenters. The number of ether oxygens (including phenoxy) is 1. The molecule has 1 saturated heterocycles. The van der Waals surface area contributed by atoms with Gasteiger partial charge in [0.05, 0.1) is 13.2 Å². The van der Waals surface area contributed by atoms with Crippen molar-refractivity contribution in [3.63, 3.8) is 0 Å². The maximum atomic E-state index is 13.0. The lowest BCUT2D eigenvalue weighted by molar-refractivity contribution is -0.126. The largest absolute Gasteiger partial charge is 0.380 e. The molecule has 0 saturated carbocycles. The van der Waals surface area contributed by atoms with Crippen molar-refractivity contribution in [3.8, 4) is 0 Å². The van der Waals surface area contributed by atoms with E-state index < -0.39 is 11.6 Å². The third-order valence-electron chi connectivity index (χ3n) is 3.24.